The van der Waals surface area contributed by atoms with Crippen LogP contribution in [0.2, 0.25) is 0 Å². The molecular weight excluding hydrogens is 343 g/mol. The van der Waals surface area contributed by atoms with Crippen LogP contribution >= 0.6 is 0 Å². The van der Waals surface area contributed by atoms with Gasteiger partial charge in [0.05, 0.1) is 6.61 Å². The number of alkyl halides is 3. The zero-order valence-electron chi connectivity index (χ0n) is 14.0. The molecule has 0 radical (unpaired) electrons. The van der Waals surface area contributed by atoms with Gasteiger partial charge in [-0.25, -0.2) is 4.39 Å². The lowest BCUT2D eigenvalue weighted by Gasteiger charge is -2.27. The Morgan fingerprint density at radius 1 is 1.20 bits per heavy atom. The van der Waals surface area contributed by atoms with E-state index in [9.17, 15) is 17.6 Å². The van der Waals surface area contributed by atoms with Gasteiger partial charge in [-0.05, 0) is 24.0 Å². The van der Waals surface area contributed by atoms with Crippen LogP contribution in [-0.2, 0) is 14.0 Å². The highest BCUT2D eigenvalue weighted by atomic mass is 19.4. The maximum Gasteiger partial charge on any atom is 0.573 e. The van der Waals surface area contributed by atoms with Gasteiger partial charge < -0.3 is 18.8 Å². The second-order valence-electron chi connectivity index (χ2n) is 5.88. The zero-order chi connectivity index (χ0) is 18.3. The third-order valence-corrected chi connectivity index (χ3v) is 3.67. The molecule has 0 aromatic heterocycles. The first kappa shape index (κ1) is 20.0. The van der Waals surface area contributed by atoms with Crippen LogP contribution in [0, 0.1) is 11.7 Å². The zero-order valence-corrected chi connectivity index (χ0v) is 14.0. The summed E-state index contributed by atoms with van der Waals surface area (Å²) in [6.45, 7) is 4.08. The smallest absolute Gasteiger partial charge is 0.407 e. The fourth-order valence-corrected chi connectivity index (χ4v) is 2.41. The van der Waals surface area contributed by atoms with E-state index in [1.54, 1.807) is 0 Å². The van der Waals surface area contributed by atoms with E-state index in [1.165, 1.54) is 6.07 Å². The molecule has 140 valence electrons. The maximum absolute atomic E-state index is 13.7. The van der Waals surface area contributed by atoms with Gasteiger partial charge in [0.1, 0.15) is 0 Å². The average molecular weight is 364 g/mol. The average Bonchev–Trinajstić information content (AvgIpc) is 2.56. The van der Waals surface area contributed by atoms with Crippen molar-refractivity contribution in [1.82, 2.24) is 0 Å². The fourth-order valence-electron chi connectivity index (χ4n) is 2.41. The molecule has 1 fully saturated rings. The Balaban J connectivity index is 1.79. The van der Waals surface area contributed by atoms with E-state index in [4.69, 9.17) is 14.0 Å². The number of benzene rings is 1. The summed E-state index contributed by atoms with van der Waals surface area (Å²) in [5, 5.41) is 0. The SMILES string of the molecule is CCCCCOCC1COB(c2ccc(OC(F)(F)F)c(F)c2)OC1. The summed E-state index contributed by atoms with van der Waals surface area (Å²) in [5.41, 5.74) is 0.300. The van der Waals surface area contributed by atoms with Crippen LogP contribution in [0.1, 0.15) is 26.2 Å². The Morgan fingerprint density at radius 2 is 1.92 bits per heavy atom. The topological polar surface area (TPSA) is 36.9 Å². The molecule has 0 bridgehead atoms. The molecule has 0 unspecified atom stereocenters. The number of ether oxygens (including phenoxy) is 2. The van der Waals surface area contributed by atoms with Gasteiger partial charge in [-0.15, -0.1) is 13.2 Å². The third kappa shape index (κ3) is 6.83. The Labute approximate surface area is 144 Å². The van der Waals surface area contributed by atoms with Crippen molar-refractivity contribution in [2.75, 3.05) is 26.4 Å². The quantitative estimate of drug-likeness (QED) is 0.403. The summed E-state index contributed by atoms with van der Waals surface area (Å²) in [6.07, 6.45) is -1.67. The molecule has 1 aliphatic rings. The molecule has 0 aliphatic carbocycles. The Morgan fingerprint density at radius 3 is 2.52 bits per heavy atom. The predicted octanol–water partition coefficient (Wildman–Crippen LogP) is 3.29. The summed E-state index contributed by atoms with van der Waals surface area (Å²) >= 11 is 0. The second-order valence-corrected chi connectivity index (χ2v) is 5.88. The Kier molecular flexibility index (Phi) is 7.52. The van der Waals surface area contributed by atoms with Crippen molar-refractivity contribution in [2.24, 2.45) is 5.92 Å². The van der Waals surface area contributed by atoms with Crippen molar-refractivity contribution < 1.29 is 36.3 Å². The predicted molar refractivity (Wildman–Crippen MR) is 84.2 cm³/mol. The fraction of sp³-hybridized carbons (Fsp3) is 0.625. The van der Waals surface area contributed by atoms with E-state index < -0.39 is 25.0 Å². The molecule has 4 nitrogen and oxygen atoms in total. The van der Waals surface area contributed by atoms with E-state index in [-0.39, 0.29) is 5.92 Å². The first-order chi connectivity index (χ1) is 11.9. The molecule has 2 rings (SSSR count). The molecule has 9 heteroatoms. The van der Waals surface area contributed by atoms with Gasteiger partial charge in [-0.3, -0.25) is 0 Å². The highest BCUT2D eigenvalue weighted by Crippen LogP contribution is 2.24. The van der Waals surface area contributed by atoms with Gasteiger partial charge in [0, 0.05) is 25.7 Å². The van der Waals surface area contributed by atoms with Crippen molar-refractivity contribution in [3.05, 3.63) is 24.0 Å². The van der Waals surface area contributed by atoms with Crippen LogP contribution < -0.4 is 10.2 Å². The van der Waals surface area contributed by atoms with E-state index >= 15 is 0 Å². The van der Waals surface area contributed by atoms with Crippen molar-refractivity contribution in [3.8, 4) is 5.75 Å². The largest absolute Gasteiger partial charge is 0.573 e. The van der Waals surface area contributed by atoms with E-state index in [0.29, 0.717) is 31.9 Å². The molecule has 0 saturated carbocycles. The molecular formula is C16H21BF4O4. The lowest BCUT2D eigenvalue weighted by Crippen LogP contribution is -2.45. The summed E-state index contributed by atoms with van der Waals surface area (Å²) in [4.78, 5) is 0. The van der Waals surface area contributed by atoms with Crippen molar-refractivity contribution in [1.29, 1.82) is 0 Å². The van der Waals surface area contributed by atoms with Crippen LogP contribution in [0.4, 0.5) is 17.6 Å². The van der Waals surface area contributed by atoms with Crippen LogP contribution in [-0.4, -0.2) is 39.9 Å². The van der Waals surface area contributed by atoms with Gasteiger partial charge in [-0.1, -0.05) is 25.8 Å². The van der Waals surface area contributed by atoms with Crippen LogP contribution in [0.25, 0.3) is 0 Å². The minimum atomic E-state index is -4.94. The first-order valence-corrected chi connectivity index (χ1v) is 8.25. The molecule has 1 saturated heterocycles. The minimum absolute atomic E-state index is 0.0792. The van der Waals surface area contributed by atoms with Crippen LogP contribution in [0.5, 0.6) is 5.75 Å². The van der Waals surface area contributed by atoms with Gasteiger partial charge in [0.25, 0.3) is 0 Å². The second kappa shape index (κ2) is 9.40. The first-order valence-electron chi connectivity index (χ1n) is 8.25. The standard InChI is InChI=1S/C16H21BF4O4/c1-2-3-4-7-22-9-12-10-23-17(24-11-12)13-5-6-15(14(18)8-13)25-16(19,20)21/h5-6,8,12H,2-4,7,9-11H2,1H3. The van der Waals surface area contributed by atoms with Gasteiger partial charge >= 0.3 is 13.5 Å². The lowest BCUT2D eigenvalue weighted by molar-refractivity contribution is -0.275. The maximum atomic E-state index is 13.7. The minimum Gasteiger partial charge on any atom is -0.407 e. The van der Waals surface area contributed by atoms with Crippen molar-refractivity contribution >= 4 is 12.6 Å². The van der Waals surface area contributed by atoms with Crippen LogP contribution in [0.15, 0.2) is 18.2 Å². The molecule has 1 heterocycles. The lowest BCUT2D eigenvalue weighted by atomic mass is 9.77. The Hall–Kier alpha value is -1.32. The molecule has 0 amide bonds. The molecule has 25 heavy (non-hydrogen) atoms. The van der Waals surface area contributed by atoms with E-state index in [1.807, 2.05) is 0 Å². The van der Waals surface area contributed by atoms with Crippen molar-refractivity contribution in [3.63, 3.8) is 0 Å². The molecule has 1 aliphatic heterocycles. The number of hydrogen-bond donors (Lipinski definition) is 0. The van der Waals surface area contributed by atoms with Gasteiger partial charge in [-0.2, -0.15) is 0 Å². The number of unbranched alkanes of at least 4 members (excludes halogenated alkanes) is 2. The summed E-state index contributed by atoms with van der Waals surface area (Å²) in [7, 11) is -0.814. The van der Waals surface area contributed by atoms with E-state index in [2.05, 4.69) is 11.7 Å². The molecule has 0 N–H and O–H groups in total. The normalized spacial score (nSPS) is 16.3. The van der Waals surface area contributed by atoms with Gasteiger partial charge in [0.2, 0.25) is 0 Å². The summed E-state index contributed by atoms with van der Waals surface area (Å²) < 4.78 is 70.3. The molecule has 0 atom stereocenters. The monoisotopic (exact) mass is 364 g/mol. The number of rotatable bonds is 8. The third-order valence-electron chi connectivity index (χ3n) is 3.67. The van der Waals surface area contributed by atoms with Crippen LogP contribution in [0.3, 0.4) is 0 Å². The highest BCUT2D eigenvalue weighted by molar-refractivity contribution is 6.61. The molecule has 1 aromatic rings. The summed E-state index contributed by atoms with van der Waals surface area (Å²) in [5.74, 6) is -1.93. The Bertz CT molecular complexity index is 533. The number of hydrogen-bond acceptors (Lipinski definition) is 4. The molecule has 0 spiro atoms. The van der Waals surface area contributed by atoms with Gasteiger partial charge in [0.15, 0.2) is 11.6 Å². The highest BCUT2D eigenvalue weighted by Gasteiger charge is 2.34. The van der Waals surface area contributed by atoms with Crippen molar-refractivity contribution in [2.45, 2.75) is 32.5 Å². The molecule has 1 aromatic carbocycles. The summed E-state index contributed by atoms with van der Waals surface area (Å²) in [6, 6.07) is 3.12. The van der Waals surface area contributed by atoms with E-state index in [0.717, 1.165) is 31.4 Å². The number of halogens is 4.